The zero-order valence-corrected chi connectivity index (χ0v) is 14.8. The third kappa shape index (κ3) is 1.96. The summed E-state index contributed by atoms with van der Waals surface area (Å²) in [5.41, 5.74) is 4.68. The van der Waals surface area contributed by atoms with Gasteiger partial charge in [-0.3, -0.25) is 0 Å². The normalized spacial score (nSPS) is 12.2. The maximum Gasteiger partial charge on any atom is 0.143 e. The van der Waals surface area contributed by atoms with Crippen LogP contribution in [0.3, 0.4) is 0 Å². The molecule has 0 aliphatic carbocycles. The van der Waals surface area contributed by atoms with Crippen LogP contribution in [0.4, 0.5) is 0 Å². The first-order chi connectivity index (χ1) is 12.1. The predicted octanol–water partition coefficient (Wildman–Crippen LogP) is 7.32. The van der Waals surface area contributed by atoms with Crippen LogP contribution in [0.15, 0.2) is 65.1 Å². The second-order valence-electron chi connectivity index (χ2n) is 7.25. The molecule has 1 heterocycles. The monoisotopic (exact) mass is 324 g/mol. The Hall–Kier alpha value is -2.80. The molecule has 0 radical (unpaired) electrons. The van der Waals surface area contributed by atoms with Crippen LogP contribution >= 0.6 is 0 Å². The minimum absolute atomic E-state index is 0.441. The lowest BCUT2D eigenvalue weighted by molar-refractivity contribution is 0.659. The van der Waals surface area contributed by atoms with E-state index in [2.05, 4.69) is 81.4 Å². The summed E-state index contributed by atoms with van der Waals surface area (Å²) in [5, 5.41) is 7.43. The van der Waals surface area contributed by atoms with Crippen LogP contribution in [0.2, 0.25) is 0 Å². The maximum atomic E-state index is 6.49. The molecular formula is C24H20O. The third-order valence-electron chi connectivity index (χ3n) is 5.36. The van der Waals surface area contributed by atoms with Crippen molar-refractivity contribution in [3.05, 3.63) is 71.8 Å². The second-order valence-corrected chi connectivity index (χ2v) is 7.25. The zero-order chi connectivity index (χ0) is 17.1. The molecule has 0 unspecified atom stereocenters. The highest BCUT2D eigenvalue weighted by Gasteiger charge is 2.17. The van der Waals surface area contributed by atoms with Crippen molar-refractivity contribution in [2.75, 3.05) is 0 Å². The fourth-order valence-corrected chi connectivity index (χ4v) is 4.22. The third-order valence-corrected chi connectivity index (χ3v) is 5.36. The van der Waals surface area contributed by atoms with Gasteiger partial charge in [0, 0.05) is 21.7 Å². The van der Waals surface area contributed by atoms with Crippen molar-refractivity contribution in [1.82, 2.24) is 0 Å². The van der Waals surface area contributed by atoms with E-state index in [9.17, 15) is 0 Å². The predicted molar refractivity (Wildman–Crippen MR) is 108 cm³/mol. The molecule has 25 heavy (non-hydrogen) atoms. The standard InChI is InChI=1S/C24H20O/c1-14(2)22-15(3)8-10-21-20-13-12-18-17-7-5-4-6-16(17)9-11-19(18)23(20)25-24(21)22/h4-14H,1-3H3. The van der Waals surface area contributed by atoms with Gasteiger partial charge in [-0.1, -0.05) is 62.4 Å². The van der Waals surface area contributed by atoms with Gasteiger partial charge in [0.2, 0.25) is 0 Å². The highest BCUT2D eigenvalue weighted by atomic mass is 16.3. The Morgan fingerprint density at radius 1 is 0.640 bits per heavy atom. The van der Waals surface area contributed by atoms with Crippen LogP contribution in [-0.4, -0.2) is 0 Å². The Labute approximate surface area is 146 Å². The van der Waals surface area contributed by atoms with Gasteiger partial charge < -0.3 is 4.42 Å². The molecule has 0 saturated heterocycles. The zero-order valence-electron chi connectivity index (χ0n) is 14.8. The first kappa shape index (κ1) is 14.5. The summed E-state index contributed by atoms with van der Waals surface area (Å²) in [6, 6.07) is 21.8. The van der Waals surface area contributed by atoms with E-state index in [4.69, 9.17) is 4.42 Å². The average molecular weight is 324 g/mol. The van der Waals surface area contributed by atoms with E-state index < -0.39 is 0 Å². The van der Waals surface area contributed by atoms with Gasteiger partial charge in [-0.15, -0.1) is 0 Å². The van der Waals surface area contributed by atoms with Crippen molar-refractivity contribution in [3.63, 3.8) is 0 Å². The number of rotatable bonds is 1. The lowest BCUT2D eigenvalue weighted by Crippen LogP contribution is -1.92. The lowest BCUT2D eigenvalue weighted by Gasteiger charge is -2.09. The van der Waals surface area contributed by atoms with E-state index in [0.29, 0.717) is 5.92 Å². The summed E-state index contributed by atoms with van der Waals surface area (Å²) in [7, 11) is 0. The minimum Gasteiger partial charge on any atom is -0.455 e. The SMILES string of the molecule is Cc1ccc2c(oc3c2ccc2c4ccccc4ccc23)c1C(C)C. The van der Waals surface area contributed by atoms with Crippen molar-refractivity contribution in [1.29, 1.82) is 0 Å². The Balaban J connectivity index is 1.99. The molecule has 4 aromatic carbocycles. The largest absolute Gasteiger partial charge is 0.455 e. The van der Waals surface area contributed by atoms with Crippen LogP contribution in [0.1, 0.15) is 30.9 Å². The molecule has 0 atom stereocenters. The van der Waals surface area contributed by atoms with Gasteiger partial charge in [-0.25, -0.2) is 0 Å². The fourth-order valence-electron chi connectivity index (χ4n) is 4.22. The van der Waals surface area contributed by atoms with E-state index in [1.807, 2.05) is 0 Å². The van der Waals surface area contributed by atoms with E-state index >= 15 is 0 Å². The lowest BCUT2D eigenvalue weighted by atomic mass is 9.95. The van der Waals surface area contributed by atoms with Gasteiger partial charge in [0.15, 0.2) is 0 Å². The van der Waals surface area contributed by atoms with Crippen molar-refractivity contribution in [3.8, 4) is 0 Å². The first-order valence-corrected chi connectivity index (χ1v) is 8.91. The smallest absolute Gasteiger partial charge is 0.143 e. The molecule has 0 aliphatic rings. The van der Waals surface area contributed by atoms with Crippen LogP contribution in [0, 0.1) is 6.92 Å². The van der Waals surface area contributed by atoms with Crippen LogP contribution in [0.25, 0.3) is 43.5 Å². The molecule has 1 heteroatoms. The summed E-state index contributed by atoms with van der Waals surface area (Å²) < 4.78 is 6.49. The summed E-state index contributed by atoms with van der Waals surface area (Å²) in [5.74, 6) is 0.441. The second kappa shape index (κ2) is 5.10. The Morgan fingerprint density at radius 3 is 2.12 bits per heavy atom. The molecule has 0 amide bonds. The van der Waals surface area contributed by atoms with Crippen LogP contribution < -0.4 is 0 Å². The summed E-state index contributed by atoms with van der Waals surface area (Å²) in [6.45, 7) is 6.65. The van der Waals surface area contributed by atoms with E-state index in [1.165, 1.54) is 43.4 Å². The Kier molecular flexibility index (Phi) is 2.96. The number of hydrogen-bond donors (Lipinski definition) is 0. The summed E-state index contributed by atoms with van der Waals surface area (Å²) >= 11 is 0. The number of hydrogen-bond acceptors (Lipinski definition) is 1. The molecule has 0 saturated carbocycles. The van der Waals surface area contributed by atoms with Crippen molar-refractivity contribution < 1.29 is 4.42 Å². The van der Waals surface area contributed by atoms with Gasteiger partial charge in [0.1, 0.15) is 11.2 Å². The molecule has 0 aliphatic heterocycles. The molecule has 5 aromatic rings. The van der Waals surface area contributed by atoms with E-state index in [0.717, 1.165) is 11.2 Å². The van der Waals surface area contributed by atoms with E-state index in [-0.39, 0.29) is 0 Å². The minimum atomic E-state index is 0.441. The van der Waals surface area contributed by atoms with Crippen LogP contribution in [0.5, 0.6) is 0 Å². The van der Waals surface area contributed by atoms with Gasteiger partial charge in [-0.2, -0.15) is 0 Å². The topological polar surface area (TPSA) is 13.1 Å². The van der Waals surface area contributed by atoms with Crippen molar-refractivity contribution >= 4 is 43.5 Å². The Bertz CT molecular complexity index is 1270. The molecule has 0 fully saturated rings. The highest BCUT2D eigenvalue weighted by Crippen LogP contribution is 2.39. The molecule has 1 aromatic heterocycles. The fraction of sp³-hybridized carbons (Fsp3) is 0.167. The molecule has 0 bridgehead atoms. The summed E-state index contributed by atoms with van der Waals surface area (Å²) in [4.78, 5) is 0. The van der Waals surface area contributed by atoms with Gasteiger partial charge in [0.25, 0.3) is 0 Å². The summed E-state index contributed by atoms with van der Waals surface area (Å²) in [6.07, 6.45) is 0. The highest BCUT2D eigenvalue weighted by molar-refractivity contribution is 6.20. The number of furan rings is 1. The number of benzene rings is 4. The quantitative estimate of drug-likeness (QED) is 0.294. The molecule has 5 rings (SSSR count). The van der Waals surface area contributed by atoms with Crippen molar-refractivity contribution in [2.24, 2.45) is 0 Å². The number of aryl methyl sites for hydroxylation is 1. The molecular weight excluding hydrogens is 304 g/mol. The van der Waals surface area contributed by atoms with E-state index in [1.54, 1.807) is 0 Å². The molecule has 0 N–H and O–H groups in total. The van der Waals surface area contributed by atoms with Crippen LogP contribution in [-0.2, 0) is 0 Å². The average Bonchev–Trinajstić information content (AvgIpc) is 2.99. The maximum absolute atomic E-state index is 6.49. The first-order valence-electron chi connectivity index (χ1n) is 8.91. The van der Waals surface area contributed by atoms with Gasteiger partial charge in [0.05, 0.1) is 0 Å². The molecule has 0 spiro atoms. The van der Waals surface area contributed by atoms with Gasteiger partial charge in [-0.05, 0) is 46.7 Å². The number of fused-ring (bicyclic) bond motifs is 7. The van der Waals surface area contributed by atoms with Gasteiger partial charge >= 0.3 is 0 Å². The van der Waals surface area contributed by atoms with Crippen molar-refractivity contribution in [2.45, 2.75) is 26.7 Å². The molecule has 1 nitrogen and oxygen atoms in total. The Morgan fingerprint density at radius 2 is 1.28 bits per heavy atom. The molecule has 122 valence electrons.